The molecule has 0 amide bonds. The van der Waals surface area contributed by atoms with Crippen molar-refractivity contribution < 1.29 is 9.47 Å². The fraction of sp³-hybridized carbons (Fsp3) is 0.296. The number of hydrogen-bond acceptors (Lipinski definition) is 6. The van der Waals surface area contributed by atoms with E-state index in [1.807, 2.05) is 42.6 Å². The van der Waals surface area contributed by atoms with Gasteiger partial charge in [-0.1, -0.05) is 6.07 Å². The van der Waals surface area contributed by atoms with Crippen molar-refractivity contribution in [2.45, 2.75) is 25.4 Å². The molecule has 2 aromatic heterocycles. The highest BCUT2D eigenvalue weighted by molar-refractivity contribution is 5.94. The molecule has 6 rings (SSSR count). The number of anilines is 1. The lowest BCUT2D eigenvalue weighted by atomic mass is 9.88. The second-order valence-electron chi connectivity index (χ2n) is 8.81. The topological polar surface area (TPSA) is 87.1 Å². The number of morpholine rings is 1. The van der Waals surface area contributed by atoms with Crippen LogP contribution < -0.4 is 9.64 Å². The third kappa shape index (κ3) is 3.87. The number of nitriles is 1. The van der Waals surface area contributed by atoms with Crippen LogP contribution in [0, 0.1) is 11.3 Å². The summed E-state index contributed by atoms with van der Waals surface area (Å²) < 4.78 is 12.0. The Morgan fingerprint density at radius 3 is 2.88 bits per heavy atom. The summed E-state index contributed by atoms with van der Waals surface area (Å²) in [6.45, 7) is 3.13. The smallest absolute Gasteiger partial charge is 0.129 e. The molecule has 1 aliphatic heterocycles. The third-order valence-corrected chi connectivity index (χ3v) is 6.70. The molecule has 0 radical (unpaired) electrons. The van der Waals surface area contributed by atoms with Crippen LogP contribution in [0.5, 0.6) is 5.75 Å². The van der Waals surface area contributed by atoms with Crippen molar-refractivity contribution in [3.05, 3.63) is 71.4 Å². The van der Waals surface area contributed by atoms with E-state index in [4.69, 9.17) is 9.47 Å². The van der Waals surface area contributed by atoms with E-state index in [9.17, 15) is 5.26 Å². The standard InChI is InChI=1S/C27H25N5O2/c28-17-18-4-6-22-19(14-18)2-1-3-25(22)34-21-5-7-24-23(16-21)27(31-30-24)20-8-9-29-26(15-20)32-10-12-33-13-11-32/h4-9,14-16,25H,1-3,10-13H2,(H,30,31). The maximum Gasteiger partial charge on any atom is 0.129 e. The van der Waals surface area contributed by atoms with E-state index >= 15 is 0 Å². The van der Waals surface area contributed by atoms with Crippen LogP contribution in [-0.4, -0.2) is 41.5 Å². The van der Waals surface area contributed by atoms with Crippen molar-refractivity contribution in [1.82, 2.24) is 15.2 Å². The molecule has 170 valence electrons. The molecule has 2 aliphatic rings. The van der Waals surface area contributed by atoms with Gasteiger partial charge < -0.3 is 14.4 Å². The van der Waals surface area contributed by atoms with Crippen LogP contribution >= 0.6 is 0 Å². The monoisotopic (exact) mass is 451 g/mol. The zero-order valence-electron chi connectivity index (χ0n) is 18.8. The van der Waals surface area contributed by atoms with Gasteiger partial charge in [0.2, 0.25) is 0 Å². The molecule has 0 spiro atoms. The van der Waals surface area contributed by atoms with E-state index in [0.717, 1.165) is 79.3 Å². The summed E-state index contributed by atoms with van der Waals surface area (Å²) in [7, 11) is 0. The Labute approximate surface area is 197 Å². The molecule has 0 bridgehead atoms. The van der Waals surface area contributed by atoms with Crippen LogP contribution in [-0.2, 0) is 11.2 Å². The zero-order chi connectivity index (χ0) is 22.9. The number of aromatic amines is 1. The molecule has 7 nitrogen and oxygen atoms in total. The minimum absolute atomic E-state index is 0.0156. The fourth-order valence-electron chi connectivity index (χ4n) is 4.94. The quantitative estimate of drug-likeness (QED) is 0.480. The molecule has 1 aliphatic carbocycles. The molecule has 0 saturated carbocycles. The summed E-state index contributed by atoms with van der Waals surface area (Å²) in [5.41, 5.74) is 5.98. The molecule has 1 saturated heterocycles. The maximum absolute atomic E-state index is 9.23. The number of hydrogen-bond donors (Lipinski definition) is 1. The summed E-state index contributed by atoms with van der Waals surface area (Å²) in [6, 6.07) is 18.3. The Hall–Kier alpha value is -3.89. The van der Waals surface area contributed by atoms with Crippen molar-refractivity contribution in [1.29, 1.82) is 5.26 Å². The second kappa shape index (κ2) is 8.81. The Bertz CT molecular complexity index is 1380. The number of aromatic nitrogens is 3. The highest BCUT2D eigenvalue weighted by Gasteiger charge is 2.23. The van der Waals surface area contributed by atoms with E-state index in [0.29, 0.717) is 5.56 Å². The van der Waals surface area contributed by atoms with Gasteiger partial charge in [0.1, 0.15) is 23.4 Å². The van der Waals surface area contributed by atoms with Gasteiger partial charge in [0.15, 0.2) is 0 Å². The van der Waals surface area contributed by atoms with Crippen molar-refractivity contribution in [2.75, 3.05) is 31.2 Å². The number of benzene rings is 2. The van der Waals surface area contributed by atoms with Gasteiger partial charge in [0, 0.05) is 30.2 Å². The van der Waals surface area contributed by atoms with Crippen LogP contribution in [0.1, 0.15) is 35.6 Å². The first-order chi connectivity index (χ1) is 16.8. The lowest BCUT2D eigenvalue weighted by Gasteiger charge is -2.27. The fourth-order valence-corrected chi connectivity index (χ4v) is 4.94. The minimum atomic E-state index is -0.0156. The largest absolute Gasteiger partial charge is 0.486 e. The number of aryl methyl sites for hydroxylation is 1. The maximum atomic E-state index is 9.23. The first-order valence-corrected chi connectivity index (χ1v) is 11.8. The van der Waals surface area contributed by atoms with E-state index in [1.165, 1.54) is 11.1 Å². The molecular weight excluding hydrogens is 426 g/mol. The molecule has 1 atom stereocenters. The average Bonchev–Trinajstić information content (AvgIpc) is 3.32. The van der Waals surface area contributed by atoms with Crippen LogP contribution in [0.4, 0.5) is 5.82 Å². The van der Waals surface area contributed by atoms with Gasteiger partial charge in [-0.25, -0.2) is 4.98 Å². The molecule has 1 fully saturated rings. The number of ether oxygens (including phenoxy) is 2. The second-order valence-corrected chi connectivity index (χ2v) is 8.81. The zero-order valence-corrected chi connectivity index (χ0v) is 18.8. The first kappa shape index (κ1) is 20.7. The number of nitrogens with zero attached hydrogens (tertiary/aromatic N) is 4. The van der Waals surface area contributed by atoms with Gasteiger partial charge in [0.05, 0.1) is 30.4 Å². The number of H-pyrrole nitrogens is 1. The Balaban J connectivity index is 1.31. The predicted octanol–water partition coefficient (Wildman–Crippen LogP) is 4.79. The Morgan fingerprint density at radius 2 is 2.00 bits per heavy atom. The van der Waals surface area contributed by atoms with Crippen LogP contribution in [0.15, 0.2) is 54.7 Å². The summed E-state index contributed by atoms with van der Waals surface area (Å²) >= 11 is 0. The summed E-state index contributed by atoms with van der Waals surface area (Å²) in [4.78, 5) is 6.81. The molecule has 2 aromatic carbocycles. The van der Waals surface area contributed by atoms with Crippen molar-refractivity contribution in [3.8, 4) is 23.1 Å². The van der Waals surface area contributed by atoms with Gasteiger partial charge in [0.25, 0.3) is 0 Å². The van der Waals surface area contributed by atoms with Gasteiger partial charge in [-0.2, -0.15) is 10.4 Å². The summed E-state index contributed by atoms with van der Waals surface area (Å²) in [5.74, 6) is 1.76. The summed E-state index contributed by atoms with van der Waals surface area (Å²) in [5, 5.41) is 18.0. The molecule has 4 aromatic rings. The number of rotatable bonds is 4. The number of nitrogens with one attached hydrogen (secondary N) is 1. The lowest BCUT2D eigenvalue weighted by molar-refractivity contribution is 0.122. The van der Waals surface area contributed by atoms with Gasteiger partial charge >= 0.3 is 0 Å². The third-order valence-electron chi connectivity index (χ3n) is 6.70. The van der Waals surface area contributed by atoms with Gasteiger partial charge in [-0.05, 0) is 72.9 Å². The van der Waals surface area contributed by atoms with Gasteiger partial charge in [-0.3, -0.25) is 5.10 Å². The van der Waals surface area contributed by atoms with E-state index in [2.05, 4.69) is 38.3 Å². The molecule has 1 N–H and O–H groups in total. The van der Waals surface area contributed by atoms with Crippen LogP contribution in [0.3, 0.4) is 0 Å². The highest BCUT2D eigenvalue weighted by atomic mass is 16.5. The van der Waals surface area contributed by atoms with E-state index in [1.54, 1.807) is 0 Å². The number of pyridine rings is 1. The van der Waals surface area contributed by atoms with Crippen molar-refractivity contribution >= 4 is 16.7 Å². The van der Waals surface area contributed by atoms with Crippen molar-refractivity contribution in [2.24, 2.45) is 0 Å². The molecular formula is C27H25N5O2. The Kier molecular flexibility index (Phi) is 5.36. The lowest BCUT2D eigenvalue weighted by Crippen LogP contribution is -2.36. The van der Waals surface area contributed by atoms with E-state index < -0.39 is 0 Å². The summed E-state index contributed by atoms with van der Waals surface area (Å²) in [6.07, 6.45) is 4.83. The molecule has 7 heteroatoms. The minimum Gasteiger partial charge on any atom is -0.486 e. The molecule has 1 unspecified atom stereocenters. The predicted molar refractivity (Wildman–Crippen MR) is 130 cm³/mol. The average molecular weight is 452 g/mol. The number of fused-ring (bicyclic) bond motifs is 2. The van der Waals surface area contributed by atoms with Gasteiger partial charge in [-0.15, -0.1) is 0 Å². The van der Waals surface area contributed by atoms with Crippen molar-refractivity contribution in [3.63, 3.8) is 0 Å². The SMILES string of the molecule is N#Cc1ccc2c(c1)CCCC2Oc1ccc2[nH]nc(-c3ccnc(N4CCOCC4)c3)c2c1. The van der Waals surface area contributed by atoms with Crippen LogP contribution in [0.25, 0.3) is 22.2 Å². The normalized spacial score (nSPS) is 17.9. The van der Waals surface area contributed by atoms with E-state index in [-0.39, 0.29) is 6.10 Å². The van der Waals surface area contributed by atoms with Crippen LogP contribution in [0.2, 0.25) is 0 Å². The first-order valence-electron chi connectivity index (χ1n) is 11.8. The Morgan fingerprint density at radius 1 is 1.09 bits per heavy atom. The highest BCUT2D eigenvalue weighted by Crippen LogP contribution is 2.36. The molecule has 3 heterocycles. The molecule has 34 heavy (non-hydrogen) atoms.